The molecular formula is C17H16N2O3S. The summed E-state index contributed by atoms with van der Waals surface area (Å²) in [5, 5.41) is 10.8. The molecule has 1 heterocycles. The Morgan fingerprint density at radius 2 is 2.13 bits per heavy atom. The van der Waals surface area contributed by atoms with E-state index >= 15 is 0 Å². The van der Waals surface area contributed by atoms with Gasteiger partial charge < -0.3 is 4.90 Å². The highest BCUT2D eigenvalue weighted by Crippen LogP contribution is 2.32. The number of anilines is 1. The first-order valence-electron chi connectivity index (χ1n) is 7.32. The number of aryl methyl sites for hydroxylation is 1. The number of nitro benzene ring substituents is 1. The van der Waals surface area contributed by atoms with Crippen LogP contribution < -0.4 is 4.90 Å². The highest BCUT2D eigenvalue weighted by Gasteiger charge is 2.26. The second kappa shape index (κ2) is 6.42. The number of carbonyl (C=O) groups is 1. The Bertz CT molecular complexity index is 776. The summed E-state index contributed by atoms with van der Waals surface area (Å²) in [7, 11) is 0. The van der Waals surface area contributed by atoms with Crippen molar-refractivity contribution in [3.05, 3.63) is 63.7 Å². The van der Waals surface area contributed by atoms with Crippen LogP contribution in [0.25, 0.3) is 0 Å². The van der Waals surface area contributed by atoms with Crippen molar-refractivity contribution >= 4 is 29.0 Å². The number of fused-ring (bicyclic) bond motifs is 1. The van der Waals surface area contributed by atoms with Crippen molar-refractivity contribution in [2.45, 2.75) is 18.2 Å². The predicted molar refractivity (Wildman–Crippen MR) is 91.1 cm³/mol. The Kier molecular flexibility index (Phi) is 4.34. The summed E-state index contributed by atoms with van der Waals surface area (Å²) in [5.74, 6) is 0.393. The van der Waals surface area contributed by atoms with Gasteiger partial charge in [-0.2, -0.15) is 0 Å². The molecule has 1 aliphatic heterocycles. The van der Waals surface area contributed by atoms with E-state index in [0.717, 1.165) is 16.1 Å². The third-order valence-corrected chi connectivity index (χ3v) is 4.80. The molecule has 0 saturated carbocycles. The molecule has 23 heavy (non-hydrogen) atoms. The van der Waals surface area contributed by atoms with Gasteiger partial charge in [-0.15, -0.1) is 11.8 Å². The van der Waals surface area contributed by atoms with Crippen LogP contribution in [0.3, 0.4) is 0 Å². The second-order valence-corrected chi connectivity index (χ2v) is 6.52. The lowest BCUT2D eigenvalue weighted by molar-refractivity contribution is -0.384. The predicted octanol–water partition coefficient (Wildman–Crippen LogP) is 3.58. The third-order valence-electron chi connectivity index (χ3n) is 3.82. The minimum absolute atomic E-state index is 0.0316. The Hall–Kier alpha value is -2.34. The quantitative estimate of drug-likeness (QED) is 0.489. The van der Waals surface area contributed by atoms with Crippen molar-refractivity contribution in [1.29, 1.82) is 0 Å². The number of nitrogens with zero attached hydrogens (tertiary/aromatic N) is 2. The van der Waals surface area contributed by atoms with Crippen molar-refractivity contribution in [3.8, 4) is 0 Å². The molecule has 0 N–H and O–H groups in total. The van der Waals surface area contributed by atoms with Gasteiger partial charge in [-0.05, 0) is 37.1 Å². The van der Waals surface area contributed by atoms with Crippen LogP contribution in [0.5, 0.6) is 0 Å². The monoisotopic (exact) mass is 328 g/mol. The molecule has 0 aliphatic carbocycles. The number of nitro groups is 1. The molecular weight excluding hydrogens is 312 g/mol. The van der Waals surface area contributed by atoms with Crippen LogP contribution in [-0.2, 0) is 11.2 Å². The highest BCUT2D eigenvalue weighted by atomic mass is 32.2. The van der Waals surface area contributed by atoms with Gasteiger partial charge in [0.25, 0.3) is 5.69 Å². The number of hydrogen-bond acceptors (Lipinski definition) is 4. The maximum Gasteiger partial charge on any atom is 0.269 e. The third kappa shape index (κ3) is 3.37. The summed E-state index contributed by atoms with van der Waals surface area (Å²) < 4.78 is 0. The summed E-state index contributed by atoms with van der Waals surface area (Å²) in [5.41, 5.74) is 2.91. The first-order chi connectivity index (χ1) is 11.0. The fraction of sp³-hybridized carbons (Fsp3) is 0.235. The summed E-state index contributed by atoms with van der Waals surface area (Å²) >= 11 is 1.51. The van der Waals surface area contributed by atoms with Gasteiger partial charge in [0.05, 0.1) is 10.7 Å². The fourth-order valence-electron chi connectivity index (χ4n) is 2.69. The average Bonchev–Trinajstić information content (AvgIpc) is 2.95. The molecule has 1 aliphatic rings. The molecule has 0 radical (unpaired) electrons. The van der Waals surface area contributed by atoms with Crippen LogP contribution in [0.1, 0.15) is 11.1 Å². The zero-order valence-electron chi connectivity index (χ0n) is 12.7. The molecule has 3 rings (SSSR count). The first kappa shape index (κ1) is 15.6. The molecule has 118 valence electrons. The Morgan fingerprint density at radius 1 is 1.30 bits per heavy atom. The molecule has 0 aromatic heterocycles. The number of carbonyl (C=O) groups excluding carboxylic acids is 1. The van der Waals surface area contributed by atoms with E-state index in [4.69, 9.17) is 0 Å². The van der Waals surface area contributed by atoms with Gasteiger partial charge in [0.15, 0.2) is 0 Å². The number of amides is 1. The normalized spacial score (nSPS) is 13.0. The van der Waals surface area contributed by atoms with Gasteiger partial charge in [0.2, 0.25) is 5.91 Å². The zero-order valence-corrected chi connectivity index (χ0v) is 13.5. The largest absolute Gasteiger partial charge is 0.311 e. The summed E-state index contributed by atoms with van der Waals surface area (Å²) in [6, 6.07) is 12.7. The molecule has 2 aromatic rings. The topological polar surface area (TPSA) is 63.5 Å². The molecule has 0 bridgehead atoms. The van der Waals surface area contributed by atoms with Crippen LogP contribution in [0.2, 0.25) is 0 Å². The molecule has 0 atom stereocenters. The van der Waals surface area contributed by atoms with Gasteiger partial charge in [0.1, 0.15) is 0 Å². The van der Waals surface area contributed by atoms with Gasteiger partial charge in [-0.3, -0.25) is 14.9 Å². The standard InChI is InChI=1S/C17H16N2O3S/c1-12-3-2-4-15(9-12)23-11-17(20)18-8-7-13-10-14(19(21)22)5-6-16(13)18/h2-6,9-10H,7-8,11H2,1H3. The number of thioether (sulfide) groups is 1. The van der Waals surface area contributed by atoms with E-state index in [0.29, 0.717) is 18.7 Å². The van der Waals surface area contributed by atoms with E-state index in [9.17, 15) is 14.9 Å². The van der Waals surface area contributed by atoms with Crippen LogP contribution in [0.15, 0.2) is 47.4 Å². The summed E-state index contributed by atoms with van der Waals surface area (Å²) in [6.45, 7) is 2.61. The van der Waals surface area contributed by atoms with E-state index in [1.807, 2.05) is 25.1 Å². The Morgan fingerprint density at radius 3 is 2.87 bits per heavy atom. The van der Waals surface area contributed by atoms with Gasteiger partial charge in [0, 0.05) is 29.3 Å². The van der Waals surface area contributed by atoms with Crippen LogP contribution >= 0.6 is 11.8 Å². The molecule has 5 nitrogen and oxygen atoms in total. The fourth-order valence-corrected chi connectivity index (χ4v) is 3.58. The summed E-state index contributed by atoms with van der Waals surface area (Å²) in [6.07, 6.45) is 0.665. The van der Waals surface area contributed by atoms with Gasteiger partial charge in [-0.25, -0.2) is 0 Å². The molecule has 0 spiro atoms. The second-order valence-electron chi connectivity index (χ2n) is 5.47. The molecule has 1 amide bonds. The smallest absolute Gasteiger partial charge is 0.269 e. The maximum atomic E-state index is 12.5. The molecule has 0 saturated heterocycles. The first-order valence-corrected chi connectivity index (χ1v) is 8.30. The zero-order chi connectivity index (χ0) is 16.4. The highest BCUT2D eigenvalue weighted by molar-refractivity contribution is 8.00. The van der Waals surface area contributed by atoms with E-state index in [1.54, 1.807) is 17.0 Å². The van der Waals surface area contributed by atoms with E-state index < -0.39 is 4.92 Å². The lowest BCUT2D eigenvalue weighted by Gasteiger charge is -2.17. The molecule has 0 unspecified atom stereocenters. The van der Waals surface area contributed by atoms with Crippen molar-refractivity contribution in [1.82, 2.24) is 0 Å². The van der Waals surface area contributed by atoms with Crippen molar-refractivity contribution in [3.63, 3.8) is 0 Å². The van der Waals surface area contributed by atoms with E-state index in [1.165, 1.54) is 23.4 Å². The molecule has 0 fully saturated rings. The van der Waals surface area contributed by atoms with Crippen molar-refractivity contribution in [2.75, 3.05) is 17.2 Å². The minimum Gasteiger partial charge on any atom is -0.311 e. The lowest BCUT2D eigenvalue weighted by Crippen LogP contribution is -2.30. The van der Waals surface area contributed by atoms with Crippen molar-refractivity contribution < 1.29 is 9.72 Å². The number of benzene rings is 2. The summed E-state index contributed by atoms with van der Waals surface area (Å²) in [4.78, 5) is 25.7. The SMILES string of the molecule is Cc1cccc(SCC(=O)N2CCc3cc([N+](=O)[O-])ccc32)c1. The average molecular weight is 328 g/mol. The molecule has 2 aromatic carbocycles. The maximum absolute atomic E-state index is 12.5. The Labute approximate surface area is 138 Å². The molecule has 6 heteroatoms. The minimum atomic E-state index is -0.404. The van der Waals surface area contributed by atoms with Gasteiger partial charge in [-0.1, -0.05) is 17.7 Å². The van der Waals surface area contributed by atoms with E-state index in [-0.39, 0.29) is 11.6 Å². The number of hydrogen-bond donors (Lipinski definition) is 0. The van der Waals surface area contributed by atoms with Crippen molar-refractivity contribution in [2.24, 2.45) is 0 Å². The number of rotatable bonds is 4. The Balaban J connectivity index is 1.69. The lowest BCUT2D eigenvalue weighted by atomic mass is 10.1. The number of non-ortho nitro benzene ring substituents is 1. The van der Waals surface area contributed by atoms with Crippen LogP contribution in [-0.4, -0.2) is 23.1 Å². The van der Waals surface area contributed by atoms with Crippen LogP contribution in [0, 0.1) is 17.0 Å². The van der Waals surface area contributed by atoms with Gasteiger partial charge >= 0.3 is 0 Å². The van der Waals surface area contributed by atoms with Crippen LogP contribution in [0.4, 0.5) is 11.4 Å². The van der Waals surface area contributed by atoms with E-state index in [2.05, 4.69) is 6.07 Å².